The van der Waals surface area contributed by atoms with Crippen LogP contribution in [0.2, 0.25) is 0 Å². The van der Waals surface area contributed by atoms with Crippen molar-refractivity contribution in [2.75, 3.05) is 25.6 Å². The fourth-order valence-corrected chi connectivity index (χ4v) is 1.86. The first kappa shape index (κ1) is 16.2. The largest absolute Gasteiger partial charge is 0.388 e. The Kier molecular flexibility index (Phi) is 6.53. The third-order valence-corrected chi connectivity index (χ3v) is 2.93. The Labute approximate surface area is 116 Å². The lowest BCUT2D eigenvalue weighted by molar-refractivity contribution is -0.217. The molecule has 7 nitrogen and oxygen atoms in total. The lowest BCUT2D eigenvalue weighted by Crippen LogP contribution is -2.61. The normalized spacial score (nSPS) is 30.7. The quantitative estimate of drug-likeness (QED) is 0.379. The number of urea groups is 1. The summed E-state index contributed by atoms with van der Waals surface area (Å²) in [6, 6.07) is -0.492. The number of ether oxygens (including phenoxy) is 1. The predicted molar refractivity (Wildman–Crippen MR) is 68.8 cm³/mol. The molecule has 0 aliphatic carbocycles. The van der Waals surface area contributed by atoms with Gasteiger partial charge in [-0.2, -0.15) is 0 Å². The number of halogens is 1. The van der Waals surface area contributed by atoms with Crippen molar-refractivity contribution in [1.29, 1.82) is 0 Å². The molecule has 1 saturated heterocycles. The fourth-order valence-electron chi connectivity index (χ4n) is 1.76. The number of alkyl halides is 1. The van der Waals surface area contributed by atoms with Crippen LogP contribution < -0.4 is 5.32 Å². The summed E-state index contributed by atoms with van der Waals surface area (Å²) in [4.78, 5) is 13.1. The van der Waals surface area contributed by atoms with Crippen LogP contribution in [0.25, 0.3) is 0 Å². The number of hydrogen-bond acceptors (Lipinski definition) is 5. The standard InChI is InChI=1S/C11H19ClN2O5/c1-2-5-14(11(18)13-4-3-12)10-9(17)8(16)7(15)6-19-10/h2,7-10,15-17H,1,3-6H2,(H,13,18)/t7-,8-,9+,10?/m0/s1. The molecule has 1 aliphatic heterocycles. The summed E-state index contributed by atoms with van der Waals surface area (Å²) in [5.74, 6) is 0.253. The molecule has 0 aromatic heterocycles. The molecule has 0 radical (unpaired) electrons. The van der Waals surface area contributed by atoms with E-state index in [1.807, 2.05) is 0 Å². The second-order valence-corrected chi connectivity index (χ2v) is 4.51. The Balaban J connectivity index is 2.74. The highest BCUT2D eigenvalue weighted by molar-refractivity contribution is 6.18. The molecular formula is C11H19ClN2O5. The number of rotatable bonds is 5. The van der Waals surface area contributed by atoms with E-state index in [2.05, 4.69) is 11.9 Å². The minimum atomic E-state index is -1.40. The van der Waals surface area contributed by atoms with Crippen molar-refractivity contribution < 1.29 is 24.9 Å². The van der Waals surface area contributed by atoms with Crippen LogP contribution in [0.3, 0.4) is 0 Å². The number of carbonyl (C=O) groups excluding carboxylic acids is 1. The van der Waals surface area contributed by atoms with Crippen LogP contribution in [0.1, 0.15) is 0 Å². The molecule has 1 heterocycles. The molecule has 1 unspecified atom stereocenters. The van der Waals surface area contributed by atoms with Gasteiger partial charge in [0, 0.05) is 19.0 Å². The highest BCUT2D eigenvalue weighted by atomic mass is 35.5. The molecule has 1 fully saturated rings. The third kappa shape index (κ3) is 4.05. The molecule has 4 N–H and O–H groups in total. The minimum Gasteiger partial charge on any atom is -0.388 e. The van der Waals surface area contributed by atoms with Crippen molar-refractivity contribution in [3.05, 3.63) is 12.7 Å². The van der Waals surface area contributed by atoms with Gasteiger partial charge in [-0.3, -0.25) is 4.90 Å². The van der Waals surface area contributed by atoms with Crippen molar-refractivity contribution >= 4 is 17.6 Å². The van der Waals surface area contributed by atoms with Crippen molar-refractivity contribution in [2.24, 2.45) is 0 Å². The van der Waals surface area contributed by atoms with Gasteiger partial charge in [0.1, 0.15) is 18.3 Å². The lowest BCUT2D eigenvalue weighted by Gasteiger charge is -2.40. The van der Waals surface area contributed by atoms with E-state index in [9.17, 15) is 20.1 Å². The van der Waals surface area contributed by atoms with Crippen LogP contribution in [0.4, 0.5) is 4.79 Å². The number of nitrogens with one attached hydrogen (secondary N) is 1. The summed E-state index contributed by atoms with van der Waals surface area (Å²) in [7, 11) is 0. The Hall–Kier alpha value is -0.860. The molecule has 0 aromatic carbocycles. The molecule has 8 heteroatoms. The number of aliphatic hydroxyl groups is 3. The lowest BCUT2D eigenvalue weighted by atomic mass is 10.0. The number of carbonyl (C=O) groups is 1. The van der Waals surface area contributed by atoms with E-state index in [1.165, 1.54) is 11.0 Å². The summed E-state index contributed by atoms with van der Waals surface area (Å²) >= 11 is 5.48. The molecule has 0 aromatic rings. The van der Waals surface area contributed by atoms with Gasteiger partial charge in [0.15, 0.2) is 6.23 Å². The van der Waals surface area contributed by atoms with E-state index < -0.39 is 30.6 Å². The average molecular weight is 295 g/mol. The van der Waals surface area contributed by atoms with Crippen molar-refractivity contribution in [3.63, 3.8) is 0 Å². The van der Waals surface area contributed by atoms with Crippen LogP contribution >= 0.6 is 11.6 Å². The first-order chi connectivity index (χ1) is 9.02. The van der Waals surface area contributed by atoms with Gasteiger partial charge in [-0.05, 0) is 0 Å². The predicted octanol–water partition coefficient (Wildman–Crippen LogP) is -1.14. The third-order valence-electron chi connectivity index (χ3n) is 2.74. The van der Waals surface area contributed by atoms with Gasteiger partial charge in [0.25, 0.3) is 0 Å². The average Bonchev–Trinajstić information content (AvgIpc) is 2.40. The van der Waals surface area contributed by atoms with Gasteiger partial charge in [0.2, 0.25) is 0 Å². The Morgan fingerprint density at radius 3 is 2.74 bits per heavy atom. The van der Waals surface area contributed by atoms with Crippen molar-refractivity contribution in [2.45, 2.75) is 24.5 Å². The number of nitrogens with zero attached hydrogens (tertiary/aromatic N) is 1. The zero-order chi connectivity index (χ0) is 14.4. The number of amides is 2. The Morgan fingerprint density at radius 1 is 1.47 bits per heavy atom. The maximum atomic E-state index is 11.9. The van der Waals surface area contributed by atoms with Gasteiger partial charge in [-0.15, -0.1) is 18.2 Å². The zero-order valence-corrected chi connectivity index (χ0v) is 11.2. The first-order valence-corrected chi connectivity index (χ1v) is 6.43. The summed E-state index contributed by atoms with van der Waals surface area (Å²) in [6.45, 7) is 3.74. The van der Waals surface area contributed by atoms with E-state index in [4.69, 9.17) is 16.3 Å². The second-order valence-electron chi connectivity index (χ2n) is 4.13. The van der Waals surface area contributed by atoms with Crippen molar-refractivity contribution in [1.82, 2.24) is 10.2 Å². The zero-order valence-electron chi connectivity index (χ0n) is 10.4. The smallest absolute Gasteiger partial charge is 0.319 e. The van der Waals surface area contributed by atoms with E-state index in [0.29, 0.717) is 0 Å². The highest BCUT2D eigenvalue weighted by Crippen LogP contribution is 2.19. The maximum Gasteiger partial charge on any atom is 0.319 e. The molecule has 2 amide bonds. The van der Waals surface area contributed by atoms with Gasteiger partial charge < -0.3 is 25.4 Å². The summed E-state index contributed by atoms with van der Waals surface area (Å²) in [6.07, 6.45) is -3.53. The Morgan fingerprint density at radius 2 is 2.16 bits per heavy atom. The second kappa shape index (κ2) is 7.66. The van der Waals surface area contributed by atoms with E-state index in [-0.39, 0.29) is 25.6 Å². The van der Waals surface area contributed by atoms with E-state index >= 15 is 0 Å². The van der Waals surface area contributed by atoms with Crippen LogP contribution in [-0.4, -0.2) is 76.4 Å². The van der Waals surface area contributed by atoms with Gasteiger partial charge in [-0.1, -0.05) is 6.08 Å². The van der Waals surface area contributed by atoms with E-state index in [0.717, 1.165) is 0 Å². The van der Waals surface area contributed by atoms with Crippen molar-refractivity contribution in [3.8, 4) is 0 Å². The first-order valence-electron chi connectivity index (χ1n) is 5.90. The molecule has 0 saturated carbocycles. The molecule has 1 aliphatic rings. The van der Waals surface area contributed by atoms with Crippen LogP contribution in [-0.2, 0) is 4.74 Å². The Bertz CT molecular complexity index is 317. The summed E-state index contributed by atoms with van der Waals surface area (Å²) < 4.78 is 5.21. The van der Waals surface area contributed by atoms with E-state index in [1.54, 1.807) is 0 Å². The fraction of sp³-hybridized carbons (Fsp3) is 0.727. The monoisotopic (exact) mass is 294 g/mol. The maximum absolute atomic E-state index is 11.9. The molecule has 0 spiro atoms. The minimum absolute atomic E-state index is 0.124. The molecule has 1 rings (SSSR count). The molecule has 19 heavy (non-hydrogen) atoms. The van der Waals surface area contributed by atoms with Crippen LogP contribution in [0, 0.1) is 0 Å². The van der Waals surface area contributed by atoms with Gasteiger partial charge >= 0.3 is 6.03 Å². The molecule has 4 atom stereocenters. The molecular weight excluding hydrogens is 276 g/mol. The number of aliphatic hydroxyl groups excluding tert-OH is 3. The van der Waals surface area contributed by atoms with Crippen LogP contribution in [0.5, 0.6) is 0 Å². The SMILES string of the molecule is C=CCN(C(=O)NCCCl)C1OC[C@H](O)[C@H](O)[C@H]1O. The van der Waals surface area contributed by atoms with Gasteiger partial charge in [-0.25, -0.2) is 4.79 Å². The molecule has 110 valence electrons. The van der Waals surface area contributed by atoms with Gasteiger partial charge in [0.05, 0.1) is 6.61 Å². The van der Waals surface area contributed by atoms with Crippen LogP contribution in [0.15, 0.2) is 12.7 Å². The topological polar surface area (TPSA) is 102 Å². The molecule has 0 bridgehead atoms. The highest BCUT2D eigenvalue weighted by Gasteiger charge is 2.41. The summed E-state index contributed by atoms with van der Waals surface area (Å²) in [5.41, 5.74) is 0. The number of hydrogen-bond donors (Lipinski definition) is 4. The summed E-state index contributed by atoms with van der Waals surface area (Å²) in [5, 5.41) is 31.4.